The Kier molecular flexibility index (Phi) is 6.98. The van der Waals surface area contributed by atoms with Gasteiger partial charge in [0.1, 0.15) is 17.6 Å². The lowest BCUT2D eigenvalue weighted by molar-refractivity contribution is -0.163. The number of β-lactam (4-membered cyclic amide) rings is 1. The quantitative estimate of drug-likeness (QED) is 0.276. The summed E-state index contributed by atoms with van der Waals surface area (Å²) in [4.78, 5) is 38.6. The van der Waals surface area contributed by atoms with Gasteiger partial charge in [0.25, 0.3) is 11.8 Å². The number of hydrogen-bond acceptors (Lipinski definition) is 6. The molecule has 1 aromatic carbocycles. The summed E-state index contributed by atoms with van der Waals surface area (Å²) in [5, 5.41) is 1.01. The number of benzene rings is 1. The monoisotopic (exact) mass is 496 g/mol. The average molecular weight is 498 g/mol. The highest BCUT2D eigenvalue weighted by Crippen LogP contribution is 2.40. The van der Waals surface area contributed by atoms with Crippen molar-refractivity contribution in [3.8, 4) is 5.75 Å². The van der Waals surface area contributed by atoms with Crippen LogP contribution in [0.1, 0.15) is 13.8 Å². The van der Waals surface area contributed by atoms with Gasteiger partial charge >= 0.3 is 5.97 Å². The first-order valence-corrected chi connectivity index (χ1v) is 11.4. The molecule has 1 N–H and O–H groups in total. The summed E-state index contributed by atoms with van der Waals surface area (Å²) < 4.78 is 21.4. The summed E-state index contributed by atoms with van der Waals surface area (Å²) in [6.07, 6.45) is -0.883. The van der Waals surface area contributed by atoms with E-state index in [4.69, 9.17) is 44.3 Å². The zero-order chi connectivity index (χ0) is 22.2. The SMILES string of the molecule is CC(Oc1ccccc1)C(=O)NC1C(=O)N2C(C(=O)OCC(Cl)(Cl)Cl)C(C)[S+]([O-])[C@@H]12. The minimum Gasteiger partial charge on any atom is -0.614 e. The van der Waals surface area contributed by atoms with Crippen molar-refractivity contribution in [1.29, 1.82) is 0 Å². The highest BCUT2D eigenvalue weighted by Gasteiger charge is 2.68. The van der Waals surface area contributed by atoms with Gasteiger partial charge in [-0.1, -0.05) is 53.0 Å². The van der Waals surface area contributed by atoms with E-state index in [9.17, 15) is 18.9 Å². The van der Waals surface area contributed by atoms with Gasteiger partial charge in [-0.15, -0.1) is 0 Å². The Bertz CT molecular complexity index is 824. The van der Waals surface area contributed by atoms with Crippen LogP contribution in [0.25, 0.3) is 0 Å². The number of alkyl halides is 3. The van der Waals surface area contributed by atoms with Crippen molar-refractivity contribution in [3.63, 3.8) is 0 Å². The fourth-order valence-corrected chi connectivity index (χ4v) is 5.32. The molecular weight excluding hydrogens is 479 g/mol. The number of fused-ring (bicyclic) bond motifs is 1. The minimum atomic E-state index is -1.81. The fourth-order valence-electron chi connectivity index (χ4n) is 3.30. The van der Waals surface area contributed by atoms with E-state index >= 15 is 0 Å². The molecule has 8 nitrogen and oxygen atoms in total. The molecule has 6 atom stereocenters. The molecule has 1 aromatic rings. The number of hydrogen-bond donors (Lipinski definition) is 1. The molecule has 0 bridgehead atoms. The third-order valence-electron chi connectivity index (χ3n) is 4.77. The van der Waals surface area contributed by atoms with Crippen molar-refractivity contribution in [2.24, 2.45) is 0 Å². The van der Waals surface area contributed by atoms with Crippen LogP contribution in [0, 0.1) is 0 Å². The predicted octanol–water partition coefficient (Wildman–Crippen LogP) is 1.54. The minimum absolute atomic E-state index is 0.497. The van der Waals surface area contributed by atoms with Crippen molar-refractivity contribution >= 4 is 63.8 Å². The van der Waals surface area contributed by atoms with Crippen molar-refractivity contribution in [2.45, 2.75) is 46.5 Å². The molecule has 30 heavy (non-hydrogen) atoms. The Morgan fingerprint density at radius 2 is 1.93 bits per heavy atom. The second-order valence-electron chi connectivity index (χ2n) is 6.90. The molecule has 2 saturated heterocycles. The summed E-state index contributed by atoms with van der Waals surface area (Å²) in [6.45, 7) is 2.59. The Morgan fingerprint density at radius 1 is 1.30 bits per heavy atom. The van der Waals surface area contributed by atoms with Crippen molar-refractivity contribution in [3.05, 3.63) is 30.3 Å². The van der Waals surface area contributed by atoms with E-state index in [-0.39, 0.29) is 0 Å². The summed E-state index contributed by atoms with van der Waals surface area (Å²) in [5.41, 5.74) is 0. The van der Waals surface area contributed by atoms with E-state index in [0.717, 1.165) is 4.90 Å². The number of para-hydroxylation sites is 1. The summed E-state index contributed by atoms with van der Waals surface area (Å²) in [7, 11) is 0. The third-order valence-corrected chi connectivity index (χ3v) is 7.06. The third kappa shape index (κ3) is 4.75. The van der Waals surface area contributed by atoms with E-state index < -0.39 is 68.2 Å². The maximum Gasteiger partial charge on any atom is 0.334 e. The van der Waals surface area contributed by atoms with Crippen LogP contribution >= 0.6 is 34.8 Å². The number of nitrogens with one attached hydrogen (secondary N) is 1. The van der Waals surface area contributed by atoms with Gasteiger partial charge in [0.05, 0.1) is 0 Å². The van der Waals surface area contributed by atoms with Crippen LogP contribution in [-0.2, 0) is 30.3 Å². The number of nitrogens with zero attached hydrogens (tertiary/aromatic N) is 1. The van der Waals surface area contributed by atoms with E-state index in [1.54, 1.807) is 31.2 Å². The second-order valence-corrected chi connectivity index (χ2v) is 11.3. The number of rotatable bonds is 6. The van der Waals surface area contributed by atoms with Crippen molar-refractivity contribution < 1.29 is 28.4 Å². The first-order chi connectivity index (χ1) is 14.0. The molecule has 2 heterocycles. The Labute approximate surface area is 191 Å². The number of carbonyl (C=O) groups is 3. The number of amides is 2. The van der Waals surface area contributed by atoms with Gasteiger partial charge in [0, 0.05) is 0 Å². The molecule has 3 rings (SSSR count). The number of carbonyl (C=O) groups excluding carboxylic acids is 3. The largest absolute Gasteiger partial charge is 0.614 e. The van der Waals surface area contributed by atoms with Crippen LogP contribution in [0.15, 0.2) is 30.3 Å². The summed E-state index contributed by atoms with van der Waals surface area (Å²) >= 11 is 15.1. The van der Waals surface area contributed by atoms with Gasteiger partial charge in [0.2, 0.25) is 9.17 Å². The Morgan fingerprint density at radius 3 is 2.53 bits per heavy atom. The lowest BCUT2D eigenvalue weighted by Crippen LogP contribution is -2.72. The number of halogens is 3. The molecule has 2 aliphatic rings. The molecule has 0 saturated carbocycles. The van der Waals surface area contributed by atoms with E-state index in [0.29, 0.717) is 5.75 Å². The summed E-state index contributed by atoms with van der Waals surface area (Å²) in [6, 6.07) is 6.62. The van der Waals surface area contributed by atoms with Crippen LogP contribution < -0.4 is 10.1 Å². The van der Waals surface area contributed by atoms with Gasteiger partial charge < -0.3 is 19.3 Å². The first-order valence-electron chi connectivity index (χ1n) is 8.98. The maximum absolute atomic E-state index is 12.7. The molecule has 0 spiro atoms. The van der Waals surface area contributed by atoms with Gasteiger partial charge in [-0.05, 0) is 37.2 Å². The molecular formula is C18H19Cl3N2O6S. The topological polar surface area (TPSA) is 108 Å². The lowest BCUT2D eigenvalue weighted by atomic mass is 10.0. The number of ether oxygens (including phenoxy) is 2. The van der Waals surface area contributed by atoms with Crippen LogP contribution in [-0.4, -0.2) is 66.4 Å². The zero-order valence-corrected chi connectivity index (χ0v) is 19.0. The zero-order valence-electron chi connectivity index (χ0n) is 15.9. The molecule has 0 aliphatic carbocycles. The Hall–Kier alpha value is -1.39. The van der Waals surface area contributed by atoms with Crippen molar-refractivity contribution in [1.82, 2.24) is 10.2 Å². The molecule has 2 amide bonds. The molecule has 164 valence electrons. The molecule has 12 heteroatoms. The molecule has 5 unspecified atom stereocenters. The van der Waals surface area contributed by atoms with Gasteiger partial charge in [-0.2, -0.15) is 0 Å². The number of esters is 1. The molecule has 0 aromatic heterocycles. The molecule has 2 aliphatic heterocycles. The fraction of sp³-hybridized carbons (Fsp3) is 0.500. The first kappa shape index (κ1) is 23.3. The van der Waals surface area contributed by atoms with Crippen molar-refractivity contribution in [2.75, 3.05) is 6.61 Å². The van der Waals surface area contributed by atoms with Gasteiger partial charge in [-0.3, -0.25) is 14.5 Å². The van der Waals surface area contributed by atoms with Gasteiger partial charge in [-0.25, -0.2) is 4.79 Å². The normalized spacial score (nSPS) is 28.9. The van der Waals surface area contributed by atoms with Crippen LogP contribution in [0.4, 0.5) is 0 Å². The highest BCUT2D eigenvalue weighted by atomic mass is 35.6. The standard InChI is InChI=1S/C18H19Cl3N2O6S/c1-9(29-11-6-4-3-5-7-11)14(24)22-12-15(25)23-13(10(2)30(27)16(12)23)17(26)28-8-18(19,20)21/h3-7,9-10,12-13,16H,8H2,1-2H3,(H,22,24)/t9?,10?,12?,13?,16-,30?/m0/s1. The van der Waals surface area contributed by atoms with E-state index in [1.807, 2.05) is 6.07 Å². The lowest BCUT2D eigenvalue weighted by Gasteiger charge is -2.41. The van der Waals surface area contributed by atoms with Crippen LogP contribution in [0.5, 0.6) is 5.75 Å². The molecule has 0 radical (unpaired) electrons. The summed E-state index contributed by atoms with van der Waals surface area (Å²) in [5.74, 6) is -1.39. The second kappa shape index (κ2) is 9.00. The average Bonchev–Trinajstić information content (AvgIpc) is 2.92. The predicted molar refractivity (Wildman–Crippen MR) is 112 cm³/mol. The van der Waals surface area contributed by atoms with E-state index in [2.05, 4.69) is 5.32 Å². The Balaban J connectivity index is 1.63. The maximum atomic E-state index is 12.7. The van der Waals surface area contributed by atoms with E-state index in [1.165, 1.54) is 6.92 Å². The molecule has 2 fully saturated rings. The smallest absolute Gasteiger partial charge is 0.334 e. The van der Waals surface area contributed by atoms with Crippen LogP contribution in [0.3, 0.4) is 0 Å². The van der Waals surface area contributed by atoms with Crippen LogP contribution in [0.2, 0.25) is 0 Å². The highest BCUT2D eigenvalue weighted by molar-refractivity contribution is 7.93. The van der Waals surface area contributed by atoms with Gasteiger partial charge in [0.15, 0.2) is 18.2 Å².